The maximum Gasteiger partial charge on any atom is 0.155 e. The molecule has 1 aliphatic heterocycles. The van der Waals surface area contributed by atoms with Crippen LogP contribution in [0.1, 0.15) is 33.7 Å². The average molecular weight is 374 g/mol. The molecule has 1 aliphatic rings. The Labute approximate surface area is 173 Å². The quantitative estimate of drug-likeness (QED) is 0.548. The van der Waals surface area contributed by atoms with Gasteiger partial charge in [-0.15, -0.1) is 0 Å². The van der Waals surface area contributed by atoms with Gasteiger partial charge >= 0.3 is 0 Å². The highest BCUT2D eigenvalue weighted by atomic mass is 15.3. The number of benzene rings is 2. The second-order valence-corrected chi connectivity index (χ2v) is 7.96. The van der Waals surface area contributed by atoms with Crippen LogP contribution in [-0.4, -0.2) is 35.6 Å². The number of hydrogen-bond acceptors (Lipinski definition) is 3. The van der Waals surface area contributed by atoms with Gasteiger partial charge in [-0.3, -0.25) is 0 Å². The summed E-state index contributed by atoms with van der Waals surface area (Å²) in [6.45, 7) is 4.86. The maximum atomic E-state index is 6.50. The molecular formula is C23H20B2N4. The summed E-state index contributed by atoms with van der Waals surface area (Å²) in [5, 5.41) is 6.56. The molecule has 0 aliphatic carbocycles. The molecule has 0 amide bonds. The van der Waals surface area contributed by atoms with Gasteiger partial charge in [0.25, 0.3) is 0 Å². The fourth-order valence-electron chi connectivity index (χ4n) is 4.21. The minimum absolute atomic E-state index is 0.127. The lowest BCUT2D eigenvalue weighted by Crippen LogP contribution is -2.54. The molecule has 0 spiro atoms. The van der Waals surface area contributed by atoms with E-state index in [1.807, 2.05) is 12.3 Å². The van der Waals surface area contributed by atoms with Crippen molar-refractivity contribution < 1.29 is 0 Å². The van der Waals surface area contributed by atoms with Gasteiger partial charge in [-0.05, 0) is 70.8 Å². The predicted octanol–water partition coefficient (Wildman–Crippen LogP) is 3.24. The molecule has 2 aromatic heterocycles. The summed E-state index contributed by atoms with van der Waals surface area (Å²) in [5.41, 5.74) is 9.05. The van der Waals surface area contributed by atoms with Crippen molar-refractivity contribution in [3.8, 4) is 11.1 Å². The third-order valence-electron chi connectivity index (χ3n) is 5.99. The average Bonchev–Trinajstić information content (AvgIpc) is 3.17. The number of aryl methyl sites for hydroxylation is 2. The predicted molar refractivity (Wildman–Crippen MR) is 117 cm³/mol. The van der Waals surface area contributed by atoms with Crippen LogP contribution in [0, 0.1) is 13.8 Å². The molecular weight excluding hydrogens is 354 g/mol. The molecule has 1 unspecified atom stereocenters. The van der Waals surface area contributed by atoms with Crippen LogP contribution in [0.5, 0.6) is 0 Å². The molecule has 4 radical (unpaired) electrons. The molecule has 6 heteroatoms. The topological polar surface area (TPSA) is 42.2 Å². The van der Waals surface area contributed by atoms with Crippen molar-refractivity contribution in [3.63, 3.8) is 0 Å². The Morgan fingerprint density at radius 3 is 2.66 bits per heavy atom. The highest BCUT2D eigenvalue weighted by molar-refractivity contribution is 6.41. The fraction of sp³-hybridized carbons (Fsp3) is 0.217. The van der Waals surface area contributed by atoms with Crippen molar-refractivity contribution in [2.75, 3.05) is 0 Å². The van der Waals surface area contributed by atoms with Crippen LogP contribution in [0.4, 0.5) is 0 Å². The van der Waals surface area contributed by atoms with E-state index in [1.165, 1.54) is 22.3 Å². The maximum absolute atomic E-state index is 6.50. The lowest BCUT2D eigenvalue weighted by Gasteiger charge is -2.43. The van der Waals surface area contributed by atoms with Gasteiger partial charge in [0.1, 0.15) is 6.33 Å². The van der Waals surface area contributed by atoms with E-state index >= 15 is 0 Å². The van der Waals surface area contributed by atoms with Crippen LogP contribution in [-0.2, 0) is 6.54 Å². The Kier molecular flexibility index (Phi) is 4.14. The number of nitrogens with one attached hydrogen (secondary N) is 1. The molecule has 138 valence electrons. The number of fused-ring (bicyclic) bond motifs is 2. The zero-order chi connectivity index (χ0) is 20.2. The van der Waals surface area contributed by atoms with E-state index in [2.05, 4.69) is 71.7 Å². The lowest BCUT2D eigenvalue weighted by atomic mass is 9.50. The van der Waals surface area contributed by atoms with E-state index in [4.69, 9.17) is 15.7 Å². The van der Waals surface area contributed by atoms with Crippen LogP contribution >= 0.6 is 0 Å². The van der Waals surface area contributed by atoms with Crippen molar-refractivity contribution in [2.24, 2.45) is 0 Å². The second-order valence-electron chi connectivity index (χ2n) is 7.96. The van der Waals surface area contributed by atoms with Gasteiger partial charge in [0.15, 0.2) is 5.65 Å². The molecule has 0 saturated heterocycles. The van der Waals surface area contributed by atoms with Gasteiger partial charge in [-0.2, -0.15) is 5.10 Å². The molecule has 4 aromatic rings. The smallest absolute Gasteiger partial charge is 0.155 e. The van der Waals surface area contributed by atoms with E-state index in [9.17, 15) is 0 Å². The minimum atomic E-state index is -1.00. The highest BCUT2D eigenvalue weighted by Crippen LogP contribution is 2.39. The number of hydrogen-bond donors (Lipinski definition) is 1. The third kappa shape index (κ3) is 3.08. The second kappa shape index (κ2) is 6.60. The number of pyridine rings is 1. The molecule has 0 fully saturated rings. The van der Waals surface area contributed by atoms with E-state index in [0.717, 1.165) is 22.3 Å². The first-order chi connectivity index (χ1) is 13.9. The van der Waals surface area contributed by atoms with Crippen molar-refractivity contribution in [3.05, 3.63) is 88.9 Å². The molecule has 29 heavy (non-hydrogen) atoms. The Hall–Kier alpha value is -2.85. The lowest BCUT2D eigenvalue weighted by molar-refractivity contribution is 0.497. The summed E-state index contributed by atoms with van der Waals surface area (Å²) in [6, 6.07) is 17.0. The van der Waals surface area contributed by atoms with Crippen molar-refractivity contribution >= 4 is 21.3 Å². The number of rotatable bonds is 2. The summed E-state index contributed by atoms with van der Waals surface area (Å²) in [7, 11) is 13.0. The first-order valence-corrected chi connectivity index (χ1v) is 9.75. The number of nitrogens with zero attached hydrogens (tertiary/aromatic N) is 3. The SMILES string of the molecule is [B]C1([B])NCc2cc(-c3ccc4ncnn4c3)ccc2C1c1ccc(C)c(C)c1. The van der Waals surface area contributed by atoms with Crippen molar-refractivity contribution in [1.29, 1.82) is 0 Å². The van der Waals surface area contributed by atoms with Gasteiger partial charge in [0.2, 0.25) is 0 Å². The Morgan fingerprint density at radius 2 is 1.83 bits per heavy atom. The summed E-state index contributed by atoms with van der Waals surface area (Å²) in [6.07, 6.45) is 3.56. The molecule has 2 aromatic carbocycles. The summed E-state index contributed by atoms with van der Waals surface area (Å²) in [5.74, 6) is -0.127. The van der Waals surface area contributed by atoms with E-state index in [1.54, 1.807) is 10.8 Å². The van der Waals surface area contributed by atoms with Gasteiger partial charge in [-0.25, -0.2) is 9.50 Å². The standard InChI is InChI=1S/C23H20B2N4/c1-14-3-4-17(9-15(14)2)22-20-7-5-16(10-19(20)11-27-23(22,24)25)18-6-8-21-26-13-28-29(21)12-18/h3-10,12-13,22,27H,11H2,1-2H3. The van der Waals surface area contributed by atoms with Crippen LogP contribution in [0.2, 0.25) is 0 Å². The Balaban J connectivity index is 1.60. The molecule has 1 atom stereocenters. The molecule has 0 bridgehead atoms. The van der Waals surface area contributed by atoms with Crippen molar-refractivity contribution in [1.82, 2.24) is 19.9 Å². The highest BCUT2D eigenvalue weighted by Gasteiger charge is 2.35. The Bertz CT molecular complexity index is 1230. The molecule has 1 N–H and O–H groups in total. The summed E-state index contributed by atoms with van der Waals surface area (Å²) >= 11 is 0. The van der Waals surface area contributed by atoms with Gasteiger partial charge < -0.3 is 5.32 Å². The first kappa shape index (κ1) is 18.2. The van der Waals surface area contributed by atoms with Gasteiger partial charge in [0.05, 0.1) is 15.7 Å². The van der Waals surface area contributed by atoms with E-state index < -0.39 is 5.34 Å². The van der Waals surface area contributed by atoms with Crippen LogP contribution < -0.4 is 5.32 Å². The molecule has 3 heterocycles. The molecule has 4 nitrogen and oxygen atoms in total. The molecule has 5 rings (SSSR count). The van der Waals surface area contributed by atoms with E-state index in [-0.39, 0.29) is 5.92 Å². The van der Waals surface area contributed by atoms with Crippen LogP contribution in [0.15, 0.2) is 61.1 Å². The zero-order valence-electron chi connectivity index (χ0n) is 16.6. The Morgan fingerprint density at radius 1 is 1.00 bits per heavy atom. The summed E-state index contributed by atoms with van der Waals surface area (Å²) < 4.78 is 1.79. The van der Waals surface area contributed by atoms with Crippen LogP contribution in [0.3, 0.4) is 0 Å². The minimum Gasteiger partial charge on any atom is -0.323 e. The van der Waals surface area contributed by atoms with Crippen LogP contribution in [0.25, 0.3) is 16.8 Å². The number of aromatic nitrogens is 3. The fourth-order valence-corrected chi connectivity index (χ4v) is 4.21. The zero-order valence-corrected chi connectivity index (χ0v) is 16.6. The molecule has 0 saturated carbocycles. The summed E-state index contributed by atoms with van der Waals surface area (Å²) in [4.78, 5) is 4.21. The first-order valence-electron chi connectivity index (χ1n) is 9.75. The third-order valence-corrected chi connectivity index (χ3v) is 5.99. The largest absolute Gasteiger partial charge is 0.323 e. The van der Waals surface area contributed by atoms with Gasteiger partial charge in [-0.1, -0.05) is 30.3 Å². The normalized spacial score (nSPS) is 17.9. The van der Waals surface area contributed by atoms with E-state index in [0.29, 0.717) is 6.54 Å². The monoisotopic (exact) mass is 374 g/mol. The van der Waals surface area contributed by atoms with Crippen molar-refractivity contribution in [2.45, 2.75) is 31.6 Å². The van der Waals surface area contributed by atoms with Gasteiger partial charge in [0, 0.05) is 24.2 Å².